The molecule has 0 bridgehead atoms. The molecule has 6 heteroatoms. The zero-order chi connectivity index (χ0) is 17.1. The van der Waals surface area contributed by atoms with Crippen LogP contribution >= 0.6 is 0 Å². The van der Waals surface area contributed by atoms with Crippen LogP contribution in [0.2, 0.25) is 0 Å². The molecule has 1 atom stereocenters. The standard InChI is InChI=1S/C18H23N3O3/c1-13-5-7-15(8-6-13)21-17(23)12-16(19-21)18(24)20-10-3-2-4-14(20)9-11-22/h5-8,12,14,19,22H,2-4,9-11H2,1H3. The van der Waals surface area contributed by atoms with Crippen LogP contribution in [0.4, 0.5) is 0 Å². The van der Waals surface area contributed by atoms with Gasteiger partial charge in [0.1, 0.15) is 5.69 Å². The second-order valence-corrected chi connectivity index (χ2v) is 6.34. The van der Waals surface area contributed by atoms with Crippen LogP contribution in [-0.4, -0.2) is 44.9 Å². The highest BCUT2D eigenvalue weighted by Crippen LogP contribution is 2.21. The Morgan fingerprint density at radius 3 is 2.75 bits per heavy atom. The third kappa shape index (κ3) is 3.28. The van der Waals surface area contributed by atoms with Crippen LogP contribution in [0, 0.1) is 6.92 Å². The molecule has 3 rings (SSSR count). The average Bonchev–Trinajstić information content (AvgIpc) is 2.98. The number of piperidine rings is 1. The molecule has 1 aliphatic heterocycles. The summed E-state index contributed by atoms with van der Waals surface area (Å²) in [6.45, 7) is 2.71. The fraction of sp³-hybridized carbons (Fsp3) is 0.444. The van der Waals surface area contributed by atoms with E-state index in [2.05, 4.69) is 5.10 Å². The predicted octanol–water partition coefficient (Wildman–Crippen LogP) is 1.85. The number of rotatable bonds is 4. The third-order valence-corrected chi connectivity index (χ3v) is 4.59. The molecule has 1 aromatic heterocycles. The van der Waals surface area contributed by atoms with Crippen LogP contribution in [0.15, 0.2) is 35.1 Å². The van der Waals surface area contributed by atoms with Crippen molar-refractivity contribution in [1.29, 1.82) is 0 Å². The minimum Gasteiger partial charge on any atom is -0.396 e. The number of hydrogen-bond donors (Lipinski definition) is 2. The van der Waals surface area contributed by atoms with Gasteiger partial charge in [-0.1, -0.05) is 17.7 Å². The van der Waals surface area contributed by atoms with Crippen molar-refractivity contribution >= 4 is 5.91 Å². The highest BCUT2D eigenvalue weighted by Gasteiger charge is 2.28. The molecule has 0 spiro atoms. The summed E-state index contributed by atoms with van der Waals surface area (Å²) < 4.78 is 1.39. The first kappa shape index (κ1) is 16.5. The van der Waals surface area contributed by atoms with Crippen LogP contribution in [0.25, 0.3) is 5.69 Å². The summed E-state index contributed by atoms with van der Waals surface area (Å²) in [6.07, 6.45) is 3.50. The number of likely N-dealkylation sites (tertiary alicyclic amines) is 1. The number of aliphatic hydroxyl groups excluding tert-OH is 1. The number of aryl methyl sites for hydroxylation is 1. The lowest BCUT2D eigenvalue weighted by molar-refractivity contribution is 0.0568. The van der Waals surface area contributed by atoms with E-state index >= 15 is 0 Å². The molecule has 2 heterocycles. The maximum atomic E-state index is 12.8. The van der Waals surface area contributed by atoms with Crippen molar-refractivity contribution in [3.8, 4) is 5.69 Å². The molecular weight excluding hydrogens is 306 g/mol. The van der Waals surface area contributed by atoms with Gasteiger partial charge in [0.05, 0.1) is 5.69 Å². The number of aromatic amines is 1. The van der Waals surface area contributed by atoms with E-state index in [0.717, 1.165) is 24.8 Å². The minimum absolute atomic E-state index is 0.0440. The maximum absolute atomic E-state index is 12.8. The van der Waals surface area contributed by atoms with Crippen LogP contribution in [0.3, 0.4) is 0 Å². The third-order valence-electron chi connectivity index (χ3n) is 4.59. The SMILES string of the molecule is Cc1ccc(-n2[nH]c(C(=O)N3CCCCC3CCO)cc2=O)cc1. The number of benzene rings is 1. The largest absolute Gasteiger partial charge is 0.396 e. The summed E-state index contributed by atoms with van der Waals surface area (Å²) in [5.74, 6) is -0.170. The molecule has 1 amide bonds. The molecule has 2 aromatic rings. The van der Waals surface area contributed by atoms with E-state index in [-0.39, 0.29) is 24.1 Å². The van der Waals surface area contributed by atoms with Crippen molar-refractivity contribution in [3.63, 3.8) is 0 Å². The fourth-order valence-corrected chi connectivity index (χ4v) is 3.26. The Bertz CT molecular complexity index is 759. The van der Waals surface area contributed by atoms with E-state index in [9.17, 15) is 14.7 Å². The highest BCUT2D eigenvalue weighted by molar-refractivity contribution is 5.92. The molecule has 1 unspecified atom stereocenters. The summed E-state index contributed by atoms with van der Waals surface area (Å²) in [5, 5.41) is 12.1. The molecule has 2 N–H and O–H groups in total. The molecular formula is C18H23N3O3. The number of hydrogen-bond acceptors (Lipinski definition) is 3. The summed E-state index contributed by atoms with van der Waals surface area (Å²) in [4.78, 5) is 26.8. The number of aliphatic hydroxyl groups is 1. The predicted molar refractivity (Wildman–Crippen MR) is 91.5 cm³/mol. The number of carbonyl (C=O) groups is 1. The van der Waals surface area contributed by atoms with Gasteiger partial charge in [0, 0.05) is 25.3 Å². The normalized spacial score (nSPS) is 17.9. The topological polar surface area (TPSA) is 78.3 Å². The van der Waals surface area contributed by atoms with Crippen molar-refractivity contribution in [2.45, 2.75) is 38.6 Å². The average molecular weight is 329 g/mol. The Morgan fingerprint density at radius 2 is 2.04 bits per heavy atom. The fourth-order valence-electron chi connectivity index (χ4n) is 3.26. The van der Waals surface area contributed by atoms with Crippen molar-refractivity contribution in [3.05, 3.63) is 51.9 Å². The van der Waals surface area contributed by atoms with Crippen molar-refractivity contribution in [2.75, 3.05) is 13.2 Å². The van der Waals surface area contributed by atoms with Crippen LogP contribution in [-0.2, 0) is 0 Å². The van der Waals surface area contributed by atoms with Gasteiger partial charge in [-0.3, -0.25) is 14.7 Å². The Labute approximate surface area is 140 Å². The summed E-state index contributed by atoms with van der Waals surface area (Å²) in [7, 11) is 0. The molecule has 1 aliphatic rings. The smallest absolute Gasteiger partial charge is 0.272 e. The van der Waals surface area contributed by atoms with Gasteiger partial charge in [-0.25, -0.2) is 4.68 Å². The zero-order valence-corrected chi connectivity index (χ0v) is 13.9. The molecule has 128 valence electrons. The lowest BCUT2D eigenvalue weighted by atomic mass is 9.99. The van der Waals surface area contributed by atoms with Gasteiger partial charge in [0.15, 0.2) is 0 Å². The van der Waals surface area contributed by atoms with Crippen LogP contribution < -0.4 is 5.56 Å². The second kappa shape index (κ2) is 7.05. The quantitative estimate of drug-likeness (QED) is 0.898. The lowest BCUT2D eigenvalue weighted by Crippen LogP contribution is -2.44. The van der Waals surface area contributed by atoms with E-state index in [4.69, 9.17) is 0 Å². The van der Waals surface area contributed by atoms with Crippen molar-refractivity contribution in [2.24, 2.45) is 0 Å². The second-order valence-electron chi connectivity index (χ2n) is 6.34. The van der Waals surface area contributed by atoms with E-state index in [1.54, 1.807) is 4.90 Å². The Kier molecular flexibility index (Phi) is 4.85. The van der Waals surface area contributed by atoms with Crippen LogP contribution in [0.5, 0.6) is 0 Å². The van der Waals surface area contributed by atoms with Gasteiger partial charge >= 0.3 is 0 Å². The lowest BCUT2D eigenvalue weighted by Gasteiger charge is -2.35. The molecule has 0 radical (unpaired) electrons. The molecule has 1 saturated heterocycles. The molecule has 1 aromatic carbocycles. The first-order valence-electron chi connectivity index (χ1n) is 8.41. The van der Waals surface area contributed by atoms with Gasteiger partial charge in [0.2, 0.25) is 0 Å². The number of H-pyrrole nitrogens is 1. The van der Waals surface area contributed by atoms with E-state index in [0.29, 0.717) is 24.3 Å². The number of nitrogens with one attached hydrogen (secondary N) is 1. The van der Waals surface area contributed by atoms with E-state index in [1.807, 2.05) is 31.2 Å². The maximum Gasteiger partial charge on any atom is 0.272 e. The minimum atomic E-state index is -0.252. The Balaban J connectivity index is 1.87. The summed E-state index contributed by atoms with van der Waals surface area (Å²) in [6, 6.07) is 8.93. The number of nitrogens with zero attached hydrogens (tertiary/aromatic N) is 2. The highest BCUT2D eigenvalue weighted by atomic mass is 16.3. The van der Waals surface area contributed by atoms with Crippen LogP contribution in [0.1, 0.15) is 41.7 Å². The van der Waals surface area contributed by atoms with Gasteiger partial charge in [-0.05, 0) is 44.7 Å². The summed E-state index contributed by atoms with van der Waals surface area (Å²) in [5.41, 5.74) is 1.85. The first-order chi connectivity index (χ1) is 11.6. The van der Waals surface area contributed by atoms with E-state index in [1.165, 1.54) is 10.7 Å². The Hall–Kier alpha value is -2.34. The number of carbonyl (C=O) groups excluding carboxylic acids is 1. The molecule has 24 heavy (non-hydrogen) atoms. The monoisotopic (exact) mass is 329 g/mol. The first-order valence-corrected chi connectivity index (χ1v) is 8.41. The van der Waals surface area contributed by atoms with Crippen molar-refractivity contribution < 1.29 is 9.90 Å². The van der Waals surface area contributed by atoms with Gasteiger partial charge in [-0.2, -0.15) is 0 Å². The number of aromatic nitrogens is 2. The van der Waals surface area contributed by atoms with E-state index < -0.39 is 0 Å². The zero-order valence-electron chi connectivity index (χ0n) is 13.9. The summed E-state index contributed by atoms with van der Waals surface area (Å²) >= 11 is 0. The van der Waals surface area contributed by atoms with Crippen molar-refractivity contribution in [1.82, 2.24) is 14.7 Å². The van der Waals surface area contributed by atoms with Gasteiger partial charge in [-0.15, -0.1) is 0 Å². The Morgan fingerprint density at radius 1 is 1.29 bits per heavy atom. The van der Waals surface area contributed by atoms with Gasteiger partial charge < -0.3 is 10.0 Å². The molecule has 0 saturated carbocycles. The van der Waals surface area contributed by atoms with Gasteiger partial charge in [0.25, 0.3) is 11.5 Å². The molecule has 0 aliphatic carbocycles. The molecule has 1 fully saturated rings. The number of amides is 1. The molecule has 6 nitrogen and oxygen atoms in total.